The number of carbonyl (C=O) groups is 1. The van der Waals surface area contributed by atoms with Crippen molar-refractivity contribution in [3.05, 3.63) is 54.6 Å². The Bertz CT molecular complexity index is 886. The first-order chi connectivity index (χ1) is 13.2. The molecule has 2 aromatic carbocycles. The molecule has 6 nitrogen and oxygen atoms in total. The molecule has 1 heterocycles. The molecule has 0 aliphatic rings. The van der Waals surface area contributed by atoms with Crippen molar-refractivity contribution in [1.82, 2.24) is 10.2 Å². The molecule has 8 heteroatoms. The Labute approximate surface area is 166 Å². The number of para-hydroxylation sites is 3. The van der Waals surface area contributed by atoms with Gasteiger partial charge in [-0.05, 0) is 38.1 Å². The van der Waals surface area contributed by atoms with Crippen molar-refractivity contribution in [1.29, 1.82) is 0 Å². The van der Waals surface area contributed by atoms with Crippen molar-refractivity contribution >= 4 is 45.5 Å². The lowest BCUT2D eigenvalue weighted by molar-refractivity contribution is -0.115. The summed E-state index contributed by atoms with van der Waals surface area (Å²) in [4.78, 5) is 12.5. The third kappa shape index (κ3) is 5.45. The first kappa shape index (κ1) is 19.2. The van der Waals surface area contributed by atoms with Gasteiger partial charge in [-0.25, -0.2) is 0 Å². The second kappa shape index (κ2) is 9.38. The molecule has 0 radical (unpaired) electrons. The number of amides is 1. The van der Waals surface area contributed by atoms with Crippen LogP contribution < -0.4 is 15.4 Å². The highest BCUT2D eigenvalue weighted by Gasteiger charge is 2.18. The Morgan fingerprint density at radius 2 is 1.89 bits per heavy atom. The van der Waals surface area contributed by atoms with Crippen molar-refractivity contribution in [2.24, 2.45) is 0 Å². The number of carbonyl (C=O) groups excluding carboxylic acids is 1. The van der Waals surface area contributed by atoms with Crippen molar-refractivity contribution in [2.45, 2.75) is 23.4 Å². The van der Waals surface area contributed by atoms with Crippen LogP contribution in [0.3, 0.4) is 0 Å². The molecule has 0 aliphatic heterocycles. The van der Waals surface area contributed by atoms with Gasteiger partial charge in [-0.3, -0.25) is 4.79 Å². The van der Waals surface area contributed by atoms with E-state index < -0.39 is 0 Å². The summed E-state index contributed by atoms with van der Waals surface area (Å²) in [6, 6.07) is 17.2. The summed E-state index contributed by atoms with van der Waals surface area (Å²) < 4.78 is 6.28. The van der Waals surface area contributed by atoms with Crippen molar-refractivity contribution in [3.63, 3.8) is 0 Å². The van der Waals surface area contributed by atoms with E-state index in [2.05, 4.69) is 20.8 Å². The maximum atomic E-state index is 12.5. The fourth-order valence-corrected chi connectivity index (χ4v) is 4.16. The Balaban J connectivity index is 1.59. The van der Waals surface area contributed by atoms with Crippen molar-refractivity contribution < 1.29 is 9.53 Å². The Hall–Kier alpha value is -2.58. The van der Waals surface area contributed by atoms with E-state index in [1.165, 1.54) is 23.1 Å². The van der Waals surface area contributed by atoms with Gasteiger partial charge in [0.05, 0.1) is 17.5 Å². The Morgan fingerprint density at radius 3 is 2.67 bits per heavy atom. The topological polar surface area (TPSA) is 76.1 Å². The predicted molar refractivity (Wildman–Crippen MR) is 111 cm³/mol. The Kier molecular flexibility index (Phi) is 6.67. The first-order valence-corrected chi connectivity index (χ1v) is 10.2. The molecule has 2 N–H and O–H groups in total. The van der Waals surface area contributed by atoms with E-state index in [1.54, 1.807) is 0 Å². The van der Waals surface area contributed by atoms with Crippen molar-refractivity contribution in [3.8, 4) is 5.75 Å². The van der Waals surface area contributed by atoms with Gasteiger partial charge in [0.25, 0.3) is 0 Å². The molecule has 0 saturated carbocycles. The van der Waals surface area contributed by atoms with Gasteiger partial charge in [0.1, 0.15) is 5.75 Å². The quantitative estimate of drug-likeness (QED) is 0.529. The van der Waals surface area contributed by atoms with Crippen LogP contribution in [-0.2, 0) is 4.79 Å². The normalized spacial score (nSPS) is 11.6. The summed E-state index contributed by atoms with van der Waals surface area (Å²) in [5.41, 5.74) is 1.61. The van der Waals surface area contributed by atoms with Gasteiger partial charge in [-0.2, -0.15) is 0 Å². The van der Waals surface area contributed by atoms with Gasteiger partial charge < -0.3 is 15.4 Å². The molecule has 1 amide bonds. The summed E-state index contributed by atoms with van der Waals surface area (Å²) in [7, 11) is 0. The fourth-order valence-electron chi connectivity index (χ4n) is 2.24. The van der Waals surface area contributed by atoms with E-state index >= 15 is 0 Å². The standard InChI is InChI=1S/C19H20N4O2S2/c1-3-25-16-12-8-7-11-15(16)21-17(24)13(2)26-19-23-22-18(27-19)20-14-9-5-4-6-10-14/h4-13H,3H2,1-2H3,(H,20,22)(H,21,24)/t13-/m1/s1. The number of ether oxygens (including phenoxy) is 1. The molecule has 0 unspecified atom stereocenters. The minimum absolute atomic E-state index is 0.111. The number of aromatic nitrogens is 2. The molecular formula is C19H20N4O2S2. The number of hydrogen-bond donors (Lipinski definition) is 2. The molecular weight excluding hydrogens is 380 g/mol. The molecule has 0 spiro atoms. The van der Waals surface area contributed by atoms with E-state index in [1.807, 2.05) is 68.4 Å². The molecule has 1 atom stereocenters. The summed E-state index contributed by atoms with van der Waals surface area (Å²) >= 11 is 2.79. The molecule has 1 aromatic heterocycles. The van der Waals surface area contributed by atoms with Crippen LogP contribution in [0, 0.1) is 0 Å². The van der Waals surface area contributed by atoms with Crippen LogP contribution in [0.15, 0.2) is 58.9 Å². The monoisotopic (exact) mass is 400 g/mol. The van der Waals surface area contributed by atoms with Gasteiger partial charge in [0, 0.05) is 5.69 Å². The van der Waals surface area contributed by atoms with Crippen LogP contribution in [0.25, 0.3) is 0 Å². The lowest BCUT2D eigenvalue weighted by atomic mass is 10.3. The number of rotatable bonds is 8. The van der Waals surface area contributed by atoms with Crippen LogP contribution in [0.5, 0.6) is 5.75 Å². The second-order valence-electron chi connectivity index (χ2n) is 5.54. The highest BCUT2D eigenvalue weighted by Crippen LogP contribution is 2.31. The fraction of sp³-hybridized carbons (Fsp3) is 0.211. The molecule has 3 aromatic rings. The first-order valence-electron chi connectivity index (χ1n) is 8.50. The van der Waals surface area contributed by atoms with E-state index in [9.17, 15) is 4.79 Å². The summed E-state index contributed by atoms with van der Waals surface area (Å²) in [6.07, 6.45) is 0. The maximum Gasteiger partial charge on any atom is 0.237 e. The minimum atomic E-state index is -0.322. The number of nitrogens with zero attached hydrogens (tertiary/aromatic N) is 2. The summed E-state index contributed by atoms with van der Waals surface area (Å²) in [5.74, 6) is 0.552. The van der Waals surface area contributed by atoms with Crippen LogP contribution >= 0.6 is 23.1 Å². The predicted octanol–water partition coefficient (Wildman–Crippen LogP) is 4.80. The van der Waals surface area contributed by atoms with E-state index in [-0.39, 0.29) is 11.2 Å². The number of benzene rings is 2. The molecule has 3 rings (SSSR count). The van der Waals surface area contributed by atoms with Gasteiger partial charge >= 0.3 is 0 Å². The van der Waals surface area contributed by atoms with Crippen LogP contribution in [0.1, 0.15) is 13.8 Å². The number of anilines is 3. The molecule has 27 heavy (non-hydrogen) atoms. The third-order valence-corrected chi connectivity index (χ3v) is 5.55. The molecule has 0 aliphatic carbocycles. The average molecular weight is 401 g/mol. The van der Waals surface area contributed by atoms with Gasteiger partial charge in [0.2, 0.25) is 11.0 Å². The van der Waals surface area contributed by atoms with Crippen LogP contribution in [0.2, 0.25) is 0 Å². The zero-order chi connectivity index (χ0) is 19.1. The Morgan fingerprint density at radius 1 is 1.15 bits per heavy atom. The largest absolute Gasteiger partial charge is 0.492 e. The third-order valence-electron chi connectivity index (χ3n) is 3.52. The summed E-state index contributed by atoms with van der Waals surface area (Å²) in [6.45, 7) is 4.29. The zero-order valence-electron chi connectivity index (χ0n) is 15.0. The number of thioether (sulfide) groups is 1. The average Bonchev–Trinajstić information content (AvgIpc) is 3.11. The van der Waals surface area contributed by atoms with E-state index in [4.69, 9.17) is 4.74 Å². The molecule has 0 fully saturated rings. The van der Waals surface area contributed by atoms with E-state index in [0.717, 1.165) is 10.0 Å². The number of nitrogens with one attached hydrogen (secondary N) is 2. The van der Waals surface area contributed by atoms with Gasteiger partial charge in [-0.1, -0.05) is 53.4 Å². The SMILES string of the molecule is CCOc1ccccc1NC(=O)[C@@H](C)Sc1nnc(Nc2ccccc2)s1. The molecule has 0 bridgehead atoms. The number of hydrogen-bond acceptors (Lipinski definition) is 7. The molecule has 140 valence electrons. The zero-order valence-corrected chi connectivity index (χ0v) is 16.6. The highest BCUT2D eigenvalue weighted by atomic mass is 32.2. The summed E-state index contributed by atoms with van der Waals surface area (Å²) in [5, 5.41) is 14.8. The van der Waals surface area contributed by atoms with Crippen LogP contribution in [0.4, 0.5) is 16.5 Å². The molecule has 0 saturated heterocycles. The lowest BCUT2D eigenvalue weighted by Gasteiger charge is -2.13. The van der Waals surface area contributed by atoms with E-state index in [0.29, 0.717) is 23.2 Å². The highest BCUT2D eigenvalue weighted by molar-refractivity contribution is 8.02. The second-order valence-corrected chi connectivity index (χ2v) is 8.11. The van der Waals surface area contributed by atoms with Gasteiger partial charge in [0.15, 0.2) is 4.34 Å². The maximum absolute atomic E-state index is 12.5. The van der Waals surface area contributed by atoms with Crippen molar-refractivity contribution in [2.75, 3.05) is 17.2 Å². The lowest BCUT2D eigenvalue weighted by Crippen LogP contribution is -2.22. The minimum Gasteiger partial charge on any atom is -0.492 e. The smallest absolute Gasteiger partial charge is 0.237 e. The van der Waals surface area contributed by atoms with Gasteiger partial charge in [-0.15, -0.1) is 10.2 Å². The van der Waals surface area contributed by atoms with Crippen LogP contribution in [-0.4, -0.2) is 28.0 Å².